The average Bonchev–Trinajstić information content (AvgIpc) is 2.98. The Morgan fingerprint density at radius 1 is 1.16 bits per heavy atom. The van der Waals surface area contributed by atoms with Crippen molar-refractivity contribution in [2.24, 2.45) is 0 Å². The van der Waals surface area contributed by atoms with Gasteiger partial charge in [0.25, 0.3) is 0 Å². The van der Waals surface area contributed by atoms with Crippen LogP contribution < -0.4 is 5.32 Å². The van der Waals surface area contributed by atoms with Gasteiger partial charge >= 0.3 is 0 Å². The number of aromatic nitrogens is 1. The largest absolute Gasteiger partial charge is 0.441 e. The highest BCUT2D eigenvalue weighted by Crippen LogP contribution is 2.19. The molecule has 0 fully saturated rings. The summed E-state index contributed by atoms with van der Waals surface area (Å²) >= 11 is 0. The lowest BCUT2D eigenvalue weighted by Gasteiger charge is -2.06. The summed E-state index contributed by atoms with van der Waals surface area (Å²) in [4.78, 5) is 16.3. The Hall–Kier alpha value is -2.66. The summed E-state index contributed by atoms with van der Waals surface area (Å²) in [5.41, 5.74) is 3.47. The van der Waals surface area contributed by atoms with E-state index >= 15 is 0 Å². The van der Waals surface area contributed by atoms with Gasteiger partial charge in [-0.2, -0.15) is 0 Å². The number of carbonyl (C=O) groups is 1. The lowest BCUT2D eigenvalue weighted by molar-refractivity contribution is -0.116. The van der Waals surface area contributed by atoms with Gasteiger partial charge in [-0.25, -0.2) is 4.98 Å². The molecule has 2 aromatic carbocycles. The zero-order chi connectivity index (χ0) is 17.5. The van der Waals surface area contributed by atoms with E-state index in [0.29, 0.717) is 31.9 Å². The van der Waals surface area contributed by atoms with Crippen molar-refractivity contribution in [1.82, 2.24) is 4.98 Å². The number of ether oxygens (including phenoxy) is 1. The van der Waals surface area contributed by atoms with Crippen LogP contribution in [-0.2, 0) is 16.0 Å². The van der Waals surface area contributed by atoms with Crippen LogP contribution in [0, 0.1) is 6.92 Å². The Labute approximate surface area is 147 Å². The highest BCUT2D eigenvalue weighted by atomic mass is 16.5. The molecule has 0 aliphatic carbocycles. The third-order valence-corrected chi connectivity index (χ3v) is 3.85. The molecule has 0 bridgehead atoms. The van der Waals surface area contributed by atoms with Gasteiger partial charge < -0.3 is 14.5 Å². The van der Waals surface area contributed by atoms with Crippen molar-refractivity contribution < 1.29 is 13.9 Å². The first-order chi connectivity index (χ1) is 12.2. The molecule has 0 radical (unpaired) electrons. The zero-order valence-corrected chi connectivity index (χ0v) is 14.3. The standard InChI is InChI=1S/C20H22N2O3/c1-15-21-18-14-17(9-10-19(18)25-15)22-20(23)8-5-12-24-13-11-16-6-3-2-4-7-16/h2-4,6-7,9-10,14H,5,8,11-13H2,1H3,(H,22,23). The zero-order valence-electron chi connectivity index (χ0n) is 14.3. The van der Waals surface area contributed by atoms with Gasteiger partial charge in [0.15, 0.2) is 11.5 Å². The van der Waals surface area contributed by atoms with Crippen molar-refractivity contribution in [3.8, 4) is 0 Å². The minimum absolute atomic E-state index is 0.0220. The first-order valence-corrected chi connectivity index (χ1v) is 8.49. The summed E-state index contributed by atoms with van der Waals surface area (Å²) in [6.07, 6.45) is 2.03. The smallest absolute Gasteiger partial charge is 0.224 e. The van der Waals surface area contributed by atoms with Crippen LogP contribution in [0.1, 0.15) is 24.3 Å². The Bertz CT molecular complexity index is 827. The first-order valence-electron chi connectivity index (χ1n) is 8.49. The minimum Gasteiger partial charge on any atom is -0.441 e. The molecule has 0 atom stereocenters. The van der Waals surface area contributed by atoms with Gasteiger partial charge in [-0.1, -0.05) is 30.3 Å². The molecule has 0 aliphatic rings. The summed E-state index contributed by atoms with van der Waals surface area (Å²) in [6, 6.07) is 15.7. The Morgan fingerprint density at radius 3 is 2.84 bits per heavy atom. The van der Waals surface area contributed by atoms with Gasteiger partial charge in [0.05, 0.1) is 6.61 Å². The summed E-state index contributed by atoms with van der Waals surface area (Å²) in [5, 5.41) is 2.88. The second-order valence-electron chi connectivity index (χ2n) is 5.92. The SMILES string of the molecule is Cc1nc2cc(NC(=O)CCCOCCc3ccccc3)ccc2o1. The molecule has 1 heterocycles. The molecular weight excluding hydrogens is 316 g/mol. The molecule has 0 unspecified atom stereocenters. The summed E-state index contributed by atoms with van der Waals surface area (Å²) in [7, 11) is 0. The van der Waals surface area contributed by atoms with Crippen molar-refractivity contribution >= 4 is 22.7 Å². The third kappa shape index (κ3) is 5.16. The minimum atomic E-state index is -0.0220. The van der Waals surface area contributed by atoms with Crippen LogP contribution in [0.25, 0.3) is 11.1 Å². The fourth-order valence-corrected chi connectivity index (χ4v) is 2.62. The van der Waals surface area contributed by atoms with Crippen LogP contribution in [0.15, 0.2) is 52.9 Å². The topological polar surface area (TPSA) is 64.4 Å². The van der Waals surface area contributed by atoms with E-state index in [-0.39, 0.29) is 5.91 Å². The number of fused-ring (bicyclic) bond motifs is 1. The van der Waals surface area contributed by atoms with Gasteiger partial charge in [0, 0.05) is 25.6 Å². The Balaban J connectivity index is 1.34. The fraction of sp³-hybridized carbons (Fsp3) is 0.300. The predicted octanol–water partition coefficient (Wildman–Crippen LogP) is 4.11. The van der Waals surface area contributed by atoms with E-state index in [1.807, 2.05) is 36.4 Å². The maximum absolute atomic E-state index is 12.0. The number of nitrogens with zero attached hydrogens (tertiary/aromatic N) is 1. The summed E-state index contributed by atoms with van der Waals surface area (Å²) in [6.45, 7) is 3.06. The molecule has 0 spiro atoms. The molecule has 25 heavy (non-hydrogen) atoms. The lowest BCUT2D eigenvalue weighted by Crippen LogP contribution is -2.12. The van der Waals surface area contributed by atoms with Gasteiger partial charge in [-0.3, -0.25) is 4.79 Å². The highest BCUT2D eigenvalue weighted by molar-refractivity contribution is 5.92. The van der Waals surface area contributed by atoms with Crippen molar-refractivity contribution in [1.29, 1.82) is 0 Å². The number of rotatable bonds is 8. The van der Waals surface area contributed by atoms with Crippen LogP contribution in [0.2, 0.25) is 0 Å². The average molecular weight is 338 g/mol. The quantitative estimate of drug-likeness (QED) is 0.628. The monoisotopic (exact) mass is 338 g/mol. The molecule has 1 amide bonds. The third-order valence-electron chi connectivity index (χ3n) is 3.85. The molecular formula is C20H22N2O3. The molecule has 0 aliphatic heterocycles. The number of anilines is 1. The van der Waals surface area contributed by atoms with E-state index in [2.05, 4.69) is 22.4 Å². The molecule has 3 rings (SSSR count). The van der Waals surface area contributed by atoms with Crippen molar-refractivity contribution in [2.75, 3.05) is 18.5 Å². The predicted molar refractivity (Wildman–Crippen MR) is 97.6 cm³/mol. The second-order valence-corrected chi connectivity index (χ2v) is 5.92. The van der Waals surface area contributed by atoms with Crippen molar-refractivity contribution in [3.63, 3.8) is 0 Å². The number of benzene rings is 2. The van der Waals surface area contributed by atoms with E-state index in [1.54, 1.807) is 6.92 Å². The van der Waals surface area contributed by atoms with Crippen LogP contribution in [0.4, 0.5) is 5.69 Å². The number of hydrogen-bond acceptors (Lipinski definition) is 4. The fourth-order valence-electron chi connectivity index (χ4n) is 2.62. The van der Waals surface area contributed by atoms with E-state index in [4.69, 9.17) is 9.15 Å². The highest BCUT2D eigenvalue weighted by Gasteiger charge is 2.06. The molecule has 130 valence electrons. The molecule has 5 nitrogen and oxygen atoms in total. The number of oxazole rings is 1. The molecule has 1 N–H and O–H groups in total. The van der Waals surface area contributed by atoms with Gasteiger partial charge in [-0.15, -0.1) is 0 Å². The van der Waals surface area contributed by atoms with Gasteiger partial charge in [-0.05, 0) is 36.6 Å². The van der Waals surface area contributed by atoms with Crippen molar-refractivity contribution in [2.45, 2.75) is 26.2 Å². The lowest BCUT2D eigenvalue weighted by atomic mass is 10.2. The Kier molecular flexibility index (Phi) is 5.80. The van der Waals surface area contributed by atoms with Gasteiger partial charge in [0.1, 0.15) is 5.52 Å². The van der Waals surface area contributed by atoms with Crippen molar-refractivity contribution in [3.05, 3.63) is 60.0 Å². The Morgan fingerprint density at radius 2 is 2.00 bits per heavy atom. The van der Waals surface area contributed by atoms with E-state index in [9.17, 15) is 4.79 Å². The van der Waals surface area contributed by atoms with Crippen LogP contribution in [-0.4, -0.2) is 24.1 Å². The van der Waals surface area contributed by atoms with Crippen LogP contribution >= 0.6 is 0 Å². The number of nitrogens with one attached hydrogen (secondary N) is 1. The number of amides is 1. The van der Waals surface area contributed by atoms with E-state index < -0.39 is 0 Å². The number of aryl methyl sites for hydroxylation is 1. The second kappa shape index (κ2) is 8.44. The molecule has 3 aromatic rings. The molecule has 5 heteroatoms. The van der Waals surface area contributed by atoms with E-state index in [1.165, 1.54) is 5.56 Å². The molecule has 1 aromatic heterocycles. The maximum atomic E-state index is 12.0. The molecule has 0 saturated carbocycles. The van der Waals surface area contributed by atoms with Crippen LogP contribution in [0.5, 0.6) is 0 Å². The normalized spacial score (nSPS) is 10.9. The first kappa shape index (κ1) is 17.2. The van der Waals surface area contributed by atoms with Gasteiger partial charge in [0.2, 0.25) is 5.91 Å². The van der Waals surface area contributed by atoms with Crippen LogP contribution in [0.3, 0.4) is 0 Å². The molecule has 0 saturated heterocycles. The number of hydrogen-bond donors (Lipinski definition) is 1. The summed E-state index contributed by atoms with van der Waals surface area (Å²) < 4.78 is 11.0. The number of carbonyl (C=O) groups excluding carboxylic acids is 1. The summed E-state index contributed by atoms with van der Waals surface area (Å²) in [5.74, 6) is 0.595. The van der Waals surface area contributed by atoms with E-state index in [0.717, 1.165) is 23.2 Å². The maximum Gasteiger partial charge on any atom is 0.224 e.